The maximum atomic E-state index is 9.34. The van der Waals surface area contributed by atoms with Gasteiger partial charge in [0, 0.05) is 5.88 Å². The molecule has 68 valence electrons. The van der Waals surface area contributed by atoms with Crippen LogP contribution in [0, 0.1) is 0 Å². The van der Waals surface area contributed by atoms with Gasteiger partial charge in [0.25, 0.3) is 0 Å². The second-order valence-electron chi connectivity index (χ2n) is 3.15. The van der Waals surface area contributed by atoms with E-state index in [1.807, 2.05) is 0 Å². The van der Waals surface area contributed by atoms with Crippen molar-refractivity contribution in [1.82, 2.24) is 0 Å². The molecule has 0 aromatic heterocycles. The third-order valence-corrected chi connectivity index (χ3v) is 1.96. The molecule has 0 aliphatic rings. The summed E-state index contributed by atoms with van der Waals surface area (Å²) in [5, 5.41) is 18.0. The van der Waals surface area contributed by atoms with Crippen LogP contribution in [0.15, 0.2) is 0 Å². The van der Waals surface area contributed by atoms with Crippen molar-refractivity contribution in [2.24, 2.45) is 0 Å². The normalized spacial score (nSPS) is 16.4. The Hall–Kier alpha value is 0.210. The summed E-state index contributed by atoms with van der Waals surface area (Å²) in [5.41, 5.74) is -0.897. The van der Waals surface area contributed by atoms with Crippen molar-refractivity contribution < 1.29 is 10.2 Å². The summed E-state index contributed by atoms with van der Waals surface area (Å²) in [6.07, 6.45) is 3.60. The van der Waals surface area contributed by atoms with Gasteiger partial charge in [-0.15, -0.1) is 11.6 Å². The van der Waals surface area contributed by atoms with Gasteiger partial charge in [-0.1, -0.05) is 12.8 Å². The molecule has 0 saturated carbocycles. The molecular formula is C8H17ClO2. The van der Waals surface area contributed by atoms with Crippen LogP contribution in [0.4, 0.5) is 0 Å². The maximum Gasteiger partial charge on any atom is 0.0849 e. The average molecular weight is 181 g/mol. The van der Waals surface area contributed by atoms with Crippen molar-refractivity contribution >= 4 is 11.6 Å². The molecule has 0 aromatic rings. The third-order valence-electron chi connectivity index (χ3n) is 1.69. The minimum Gasteiger partial charge on any atom is -0.393 e. The van der Waals surface area contributed by atoms with Crippen LogP contribution in [0.3, 0.4) is 0 Å². The number of aliphatic hydroxyl groups is 2. The van der Waals surface area contributed by atoms with Crippen molar-refractivity contribution in [3.05, 3.63) is 0 Å². The Morgan fingerprint density at radius 2 is 1.91 bits per heavy atom. The van der Waals surface area contributed by atoms with Crippen LogP contribution in [0.1, 0.15) is 32.6 Å². The van der Waals surface area contributed by atoms with Crippen molar-refractivity contribution in [3.63, 3.8) is 0 Å². The number of aliphatic hydroxyl groups excluding tert-OH is 1. The number of halogens is 1. The van der Waals surface area contributed by atoms with Crippen molar-refractivity contribution in [3.8, 4) is 0 Å². The minimum atomic E-state index is -0.897. The highest BCUT2D eigenvalue weighted by Crippen LogP contribution is 2.13. The molecule has 0 bridgehead atoms. The monoisotopic (exact) mass is 180 g/mol. The topological polar surface area (TPSA) is 40.5 Å². The first-order valence-electron chi connectivity index (χ1n) is 4.01. The molecule has 1 atom stereocenters. The van der Waals surface area contributed by atoms with Crippen LogP contribution in [0.25, 0.3) is 0 Å². The fourth-order valence-electron chi connectivity index (χ4n) is 0.856. The fourth-order valence-corrected chi connectivity index (χ4v) is 1.05. The van der Waals surface area contributed by atoms with E-state index in [0.717, 1.165) is 19.3 Å². The van der Waals surface area contributed by atoms with Gasteiger partial charge in [-0.2, -0.15) is 0 Å². The van der Waals surface area contributed by atoms with Crippen LogP contribution < -0.4 is 0 Å². The second kappa shape index (κ2) is 5.81. The first-order valence-corrected chi connectivity index (χ1v) is 4.55. The highest BCUT2D eigenvalue weighted by Gasteiger charge is 2.17. The first kappa shape index (κ1) is 11.2. The molecule has 0 heterocycles. The molecule has 2 nitrogen and oxygen atoms in total. The molecular weight excluding hydrogens is 164 g/mol. The summed E-state index contributed by atoms with van der Waals surface area (Å²) >= 11 is 5.47. The molecule has 11 heavy (non-hydrogen) atoms. The Kier molecular flexibility index (Phi) is 5.92. The standard InChI is InChI=1S/C8H17ClO2/c1-8(11,7-10)5-3-2-4-6-9/h10-11H,2-7H2,1H3/t8-/m1/s1. The zero-order valence-electron chi connectivity index (χ0n) is 7.02. The van der Waals surface area contributed by atoms with Crippen LogP contribution in [-0.2, 0) is 0 Å². The highest BCUT2D eigenvalue weighted by molar-refractivity contribution is 6.17. The molecule has 0 aromatic carbocycles. The quantitative estimate of drug-likeness (QED) is 0.481. The first-order chi connectivity index (χ1) is 5.12. The summed E-state index contributed by atoms with van der Waals surface area (Å²) in [7, 11) is 0. The van der Waals surface area contributed by atoms with E-state index >= 15 is 0 Å². The Balaban J connectivity index is 3.23. The van der Waals surface area contributed by atoms with Gasteiger partial charge in [0.2, 0.25) is 0 Å². The molecule has 2 N–H and O–H groups in total. The molecule has 0 amide bonds. The lowest BCUT2D eigenvalue weighted by atomic mass is 10.00. The van der Waals surface area contributed by atoms with Crippen LogP contribution >= 0.6 is 11.6 Å². The average Bonchev–Trinajstić information content (AvgIpc) is 1.99. The zero-order chi connectivity index (χ0) is 8.74. The number of alkyl halides is 1. The molecule has 0 radical (unpaired) electrons. The molecule has 0 aliphatic heterocycles. The zero-order valence-corrected chi connectivity index (χ0v) is 7.77. The smallest absolute Gasteiger partial charge is 0.0849 e. The molecule has 0 saturated heterocycles. The molecule has 0 aliphatic carbocycles. The minimum absolute atomic E-state index is 0.159. The van der Waals surface area contributed by atoms with E-state index < -0.39 is 5.60 Å². The molecule has 0 unspecified atom stereocenters. The van der Waals surface area contributed by atoms with E-state index in [9.17, 15) is 5.11 Å². The summed E-state index contributed by atoms with van der Waals surface area (Å²) in [5.74, 6) is 0.682. The predicted octanol–water partition coefficient (Wildman–Crippen LogP) is 1.53. The lowest BCUT2D eigenvalue weighted by Gasteiger charge is -2.19. The van der Waals surface area contributed by atoms with Gasteiger partial charge in [0.05, 0.1) is 12.2 Å². The van der Waals surface area contributed by atoms with E-state index in [0.29, 0.717) is 12.3 Å². The van der Waals surface area contributed by atoms with Gasteiger partial charge in [-0.25, -0.2) is 0 Å². The Labute approximate surface area is 73.2 Å². The van der Waals surface area contributed by atoms with Gasteiger partial charge in [0.1, 0.15) is 0 Å². The molecule has 0 rings (SSSR count). The Morgan fingerprint density at radius 3 is 2.36 bits per heavy atom. The number of unbranched alkanes of at least 4 members (excludes halogenated alkanes) is 2. The summed E-state index contributed by atoms with van der Waals surface area (Å²) in [6.45, 7) is 1.49. The van der Waals surface area contributed by atoms with Crippen LogP contribution in [-0.4, -0.2) is 28.3 Å². The Bertz CT molecular complexity index is 94.1. The van der Waals surface area contributed by atoms with E-state index in [-0.39, 0.29) is 6.61 Å². The maximum absolute atomic E-state index is 9.34. The lowest BCUT2D eigenvalue weighted by Crippen LogP contribution is -2.28. The Morgan fingerprint density at radius 1 is 1.27 bits per heavy atom. The largest absolute Gasteiger partial charge is 0.393 e. The van der Waals surface area contributed by atoms with Crippen LogP contribution in [0.5, 0.6) is 0 Å². The summed E-state index contributed by atoms with van der Waals surface area (Å²) < 4.78 is 0. The summed E-state index contributed by atoms with van der Waals surface area (Å²) in [4.78, 5) is 0. The second-order valence-corrected chi connectivity index (χ2v) is 3.53. The lowest BCUT2D eigenvalue weighted by molar-refractivity contribution is -0.00685. The molecule has 0 spiro atoms. The van der Waals surface area contributed by atoms with Gasteiger partial charge in [-0.05, 0) is 19.8 Å². The number of hydrogen-bond donors (Lipinski definition) is 2. The van der Waals surface area contributed by atoms with E-state index in [1.165, 1.54) is 0 Å². The van der Waals surface area contributed by atoms with Crippen molar-refractivity contribution in [1.29, 1.82) is 0 Å². The predicted molar refractivity (Wildman–Crippen MR) is 46.9 cm³/mol. The third kappa shape index (κ3) is 6.60. The number of rotatable bonds is 6. The molecule has 3 heteroatoms. The van der Waals surface area contributed by atoms with E-state index in [4.69, 9.17) is 16.7 Å². The van der Waals surface area contributed by atoms with Gasteiger partial charge in [0.15, 0.2) is 0 Å². The van der Waals surface area contributed by atoms with Crippen molar-refractivity contribution in [2.75, 3.05) is 12.5 Å². The molecule has 0 fully saturated rings. The number of hydrogen-bond acceptors (Lipinski definition) is 2. The van der Waals surface area contributed by atoms with Gasteiger partial charge >= 0.3 is 0 Å². The summed E-state index contributed by atoms with van der Waals surface area (Å²) in [6, 6.07) is 0. The van der Waals surface area contributed by atoms with E-state index in [2.05, 4.69) is 0 Å². The fraction of sp³-hybridized carbons (Fsp3) is 1.00. The van der Waals surface area contributed by atoms with Gasteiger partial charge in [-0.3, -0.25) is 0 Å². The van der Waals surface area contributed by atoms with Gasteiger partial charge < -0.3 is 10.2 Å². The highest BCUT2D eigenvalue weighted by atomic mass is 35.5. The van der Waals surface area contributed by atoms with E-state index in [1.54, 1.807) is 6.92 Å². The van der Waals surface area contributed by atoms with Crippen LogP contribution in [0.2, 0.25) is 0 Å². The SMILES string of the molecule is C[C@](O)(CO)CCCCCCl. The van der Waals surface area contributed by atoms with Crippen molar-refractivity contribution in [2.45, 2.75) is 38.2 Å².